The van der Waals surface area contributed by atoms with Gasteiger partial charge in [-0.25, -0.2) is 0 Å². The highest BCUT2D eigenvalue weighted by atomic mass is 16.6. The van der Waals surface area contributed by atoms with Gasteiger partial charge in [-0.1, -0.05) is 250 Å². The van der Waals surface area contributed by atoms with Crippen LogP contribution in [0.5, 0.6) is 0 Å². The summed E-state index contributed by atoms with van der Waals surface area (Å²) in [4.78, 5) is 38.0. The maximum atomic E-state index is 12.8. The van der Waals surface area contributed by atoms with E-state index >= 15 is 0 Å². The molecule has 6 nitrogen and oxygen atoms in total. The van der Waals surface area contributed by atoms with Gasteiger partial charge in [-0.3, -0.25) is 14.4 Å². The van der Waals surface area contributed by atoms with E-state index in [4.69, 9.17) is 14.2 Å². The monoisotopic (exact) mass is 913 g/mol. The van der Waals surface area contributed by atoms with Gasteiger partial charge in [0.2, 0.25) is 0 Å². The Labute approximate surface area is 404 Å². The highest BCUT2D eigenvalue weighted by molar-refractivity contribution is 5.71. The molecule has 1 atom stereocenters. The van der Waals surface area contributed by atoms with Crippen LogP contribution in [-0.4, -0.2) is 37.2 Å². The zero-order chi connectivity index (χ0) is 47.2. The fourth-order valence-corrected chi connectivity index (χ4v) is 8.30. The van der Waals surface area contributed by atoms with Crippen molar-refractivity contribution in [1.82, 2.24) is 0 Å². The van der Waals surface area contributed by atoms with E-state index in [0.717, 1.165) is 96.3 Å². The average Bonchev–Trinajstić information content (AvgIpc) is 3.30. The van der Waals surface area contributed by atoms with Crippen molar-refractivity contribution in [2.45, 2.75) is 309 Å². The third-order valence-corrected chi connectivity index (χ3v) is 12.6. The van der Waals surface area contributed by atoms with E-state index in [9.17, 15) is 14.4 Å². The highest BCUT2D eigenvalue weighted by Gasteiger charge is 2.19. The quantitative estimate of drug-likeness (QED) is 0.0262. The molecule has 0 bridgehead atoms. The van der Waals surface area contributed by atoms with Crippen molar-refractivity contribution in [3.63, 3.8) is 0 Å². The third kappa shape index (κ3) is 52.5. The van der Waals surface area contributed by atoms with Crippen LogP contribution in [0, 0.1) is 0 Å². The van der Waals surface area contributed by atoms with E-state index in [2.05, 4.69) is 57.2 Å². The maximum absolute atomic E-state index is 12.8. The number of hydrogen-bond acceptors (Lipinski definition) is 6. The van der Waals surface area contributed by atoms with Gasteiger partial charge in [-0.05, 0) is 70.6 Å². The number of carbonyl (C=O) groups is 3. The highest BCUT2D eigenvalue weighted by Crippen LogP contribution is 2.17. The van der Waals surface area contributed by atoms with Gasteiger partial charge in [-0.2, -0.15) is 0 Å². The zero-order valence-electron chi connectivity index (χ0n) is 43.5. The van der Waals surface area contributed by atoms with Crippen LogP contribution in [0.4, 0.5) is 0 Å². The zero-order valence-corrected chi connectivity index (χ0v) is 43.5. The largest absolute Gasteiger partial charge is 0.462 e. The Morgan fingerprint density at radius 1 is 0.308 bits per heavy atom. The molecule has 0 rings (SSSR count). The van der Waals surface area contributed by atoms with Gasteiger partial charge in [-0.15, -0.1) is 0 Å². The molecular formula is C59H108O6. The normalized spacial score (nSPS) is 12.2. The van der Waals surface area contributed by atoms with Gasteiger partial charge in [0, 0.05) is 19.3 Å². The lowest BCUT2D eigenvalue weighted by atomic mass is 10.0. The predicted molar refractivity (Wildman–Crippen MR) is 279 cm³/mol. The molecule has 0 heterocycles. The van der Waals surface area contributed by atoms with Crippen LogP contribution < -0.4 is 0 Å². The summed E-state index contributed by atoms with van der Waals surface area (Å²) in [5.41, 5.74) is 0. The first-order chi connectivity index (χ1) is 32.0. The molecule has 0 aromatic heterocycles. The molecule has 65 heavy (non-hydrogen) atoms. The lowest BCUT2D eigenvalue weighted by molar-refractivity contribution is -0.167. The van der Waals surface area contributed by atoms with E-state index in [0.29, 0.717) is 19.3 Å². The number of hydrogen-bond donors (Lipinski definition) is 0. The molecule has 0 saturated heterocycles. The van der Waals surface area contributed by atoms with Crippen molar-refractivity contribution in [3.05, 3.63) is 36.5 Å². The van der Waals surface area contributed by atoms with Crippen molar-refractivity contribution in [1.29, 1.82) is 0 Å². The number of unbranched alkanes of at least 4 members (excludes halogenated alkanes) is 35. The number of esters is 3. The van der Waals surface area contributed by atoms with E-state index < -0.39 is 6.10 Å². The lowest BCUT2D eigenvalue weighted by Gasteiger charge is -2.18. The van der Waals surface area contributed by atoms with Crippen molar-refractivity contribution in [2.24, 2.45) is 0 Å². The second-order valence-electron chi connectivity index (χ2n) is 19.2. The molecular weight excluding hydrogens is 805 g/mol. The molecule has 0 fully saturated rings. The first-order valence-electron chi connectivity index (χ1n) is 28.5. The van der Waals surface area contributed by atoms with Crippen LogP contribution >= 0.6 is 0 Å². The Balaban J connectivity index is 4.25. The minimum absolute atomic E-state index is 0.0773. The summed E-state index contributed by atoms with van der Waals surface area (Å²) in [5.74, 6) is -0.887. The van der Waals surface area contributed by atoms with Crippen LogP contribution in [0.25, 0.3) is 0 Å². The van der Waals surface area contributed by atoms with Crippen LogP contribution in [0.2, 0.25) is 0 Å². The summed E-state index contributed by atoms with van der Waals surface area (Å²) in [5, 5.41) is 0. The SMILES string of the molecule is CCC/C=C\C/C=C\CCCCCCCC(=O)OC(COC(=O)CCCCCCC/C=C\CCCCC)COC(=O)CCCCCCCCCCCCCCCCCCCCCCCC. The van der Waals surface area contributed by atoms with Crippen molar-refractivity contribution < 1.29 is 28.6 Å². The molecule has 380 valence electrons. The van der Waals surface area contributed by atoms with Gasteiger partial charge in [0.1, 0.15) is 13.2 Å². The van der Waals surface area contributed by atoms with E-state index in [-0.39, 0.29) is 31.1 Å². The van der Waals surface area contributed by atoms with E-state index in [1.807, 2.05) is 0 Å². The smallest absolute Gasteiger partial charge is 0.306 e. The standard InChI is InChI=1S/C59H108O6/c1-4-7-10-13-16-19-22-25-26-27-28-29-30-31-32-33-35-37-40-43-46-49-52-58(61)64-55-56(54-63-57(60)51-48-45-42-39-36-24-21-18-15-12-9-6-3)65-59(62)53-50-47-44-41-38-34-23-20-17-14-11-8-5-2/h11,14,18,20-21,23,56H,4-10,12-13,15-17,19,22,24-55H2,1-3H3/b14-11-,21-18-,23-20-. The van der Waals surface area contributed by atoms with Crippen LogP contribution in [-0.2, 0) is 28.6 Å². The van der Waals surface area contributed by atoms with Gasteiger partial charge in [0.25, 0.3) is 0 Å². The minimum atomic E-state index is -0.779. The average molecular weight is 914 g/mol. The maximum Gasteiger partial charge on any atom is 0.306 e. The number of rotatable bonds is 52. The summed E-state index contributed by atoms with van der Waals surface area (Å²) in [6.07, 6.45) is 64.3. The van der Waals surface area contributed by atoms with Crippen LogP contribution in [0.15, 0.2) is 36.5 Å². The molecule has 0 N–H and O–H groups in total. The molecule has 0 aliphatic heterocycles. The van der Waals surface area contributed by atoms with E-state index in [1.165, 1.54) is 167 Å². The lowest BCUT2D eigenvalue weighted by Crippen LogP contribution is -2.30. The molecule has 1 unspecified atom stereocenters. The molecule has 0 radical (unpaired) electrons. The van der Waals surface area contributed by atoms with Gasteiger partial charge in [0.05, 0.1) is 0 Å². The minimum Gasteiger partial charge on any atom is -0.462 e. The number of carbonyl (C=O) groups excluding carboxylic acids is 3. The molecule has 0 spiro atoms. The predicted octanol–water partition coefficient (Wildman–Crippen LogP) is 18.9. The van der Waals surface area contributed by atoms with Crippen LogP contribution in [0.3, 0.4) is 0 Å². The van der Waals surface area contributed by atoms with Gasteiger partial charge < -0.3 is 14.2 Å². The molecule has 6 heteroatoms. The molecule has 0 aliphatic rings. The van der Waals surface area contributed by atoms with Crippen molar-refractivity contribution in [3.8, 4) is 0 Å². The molecule has 0 saturated carbocycles. The first kappa shape index (κ1) is 62.6. The second-order valence-corrected chi connectivity index (χ2v) is 19.2. The summed E-state index contributed by atoms with van der Waals surface area (Å²) in [6.45, 7) is 6.57. The Morgan fingerprint density at radius 3 is 0.954 bits per heavy atom. The van der Waals surface area contributed by atoms with Gasteiger partial charge >= 0.3 is 17.9 Å². The number of allylic oxidation sites excluding steroid dienone is 6. The third-order valence-electron chi connectivity index (χ3n) is 12.6. The summed E-state index contributed by atoms with van der Waals surface area (Å²) in [7, 11) is 0. The second kappa shape index (κ2) is 54.2. The van der Waals surface area contributed by atoms with Crippen LogP contribution in [0.1, 0.15) is 303 Å². The fourth-order valence-electron chi connectivity index (χ4n) is 8.30. The first-order valence-corrected chi connectivity index (χ1v) is 28.5. The topological polar surface area (TPSA) is 78.9 Å². The summed E-state index contributed by atoms with van der Waals surface area (Å²) in [6, 6.07) is 0. The fraction of sp³-hybridized carbons (Fsp3) is 0.847. The van der Waals surface area contributed by atoms with Crippen molar-refractivity contribution >= 4 is 17.9 Å². The van der Waals surface area contributed by atoms with Crippen molar-refractivity contribution in [2.75, 3.05) is 13.2 Å². The molecule has 0 aromatic rings. The Bertz CT molecular complexity index is 1090. The number of ether oxygens (including phenoxy) is 3. The van der Waals surface area contributed by atoms with E-state index in [1.54, 1.807) is 0 Å². The summed E-state index contributed by atoms with van der Waals surface area (Å²) >= 11 is 0. The Morgan fingerprint density at radius 2 is 0.585 bits per heavy atom. The molecule has 0 amide bonds. The van der Waals surface area contributed by atoms with Gasteiger partial charge in [0.15, 0.2) is 6.10 Å². The summed E-state index contributed by atoms with van der Waals surface area (Å²) < 4.78 is 16.8. The Kier molecular flexibility index (Phi) is 52.3. The Hall–Kier alpha value is -2.37. The molecule has 0 aromatic carbocycles. The molecule has 0 aliphatic carbocycles.